The highest BCUT2D eigenvalue weighted by Crippen LogP contribution is 2.37. The molecule has 0 bridgehead atoms. The van der Waals surface area contributed by atoms with Crippen molar-refractivity contribution in [3.63, 3.8) is 0 Å². The van der Waals surface area contributed by atoms with E-state index in [0.29, 0.717) is 11.4 Å². The van der Waals surface area contributed by atoms with E-state index in [4.69, 9.17) is 4.74 Å². The Bertz CT molecular complexity index is 744. The number of nitrogens with one attached hydrogen (secondary N) is 1. The molecule has 132 valence electrons. The van der Waals surface area contributed by atoms with Gasteiger partial charge >= 0.3 is 0 Å². The summed E-state index contributed by atoms with van der Waals surface area (Å²) < 4.78 is 18.7. The van der Waals surface area contributed by atoms with Gasteiger partial charge in [-0.05, 0) is 42.0 Å². The average molecular weight is 342 g/mol. The van der Waals surface area contributed by atoms with Crippen molar-refractivity contribution >= 4 is 5.91 Å². The zero-order valence-electron chi connectivity index (χ0n) is 14.6. The maximum atomic E-state index is 13.1. The minimum absolute atomic E-state index is 0.107. The van der Waals surface area contributed by atoms with Gasteiger partial charge in [-0.1, -0.05) is 32.4 Å². The summed E-state index contributed by atoms with van der Waals surface area (Å²) in [4.78, 5) is 16.6. The highest BCUT2D eigenvalue weighted by Gasteiger charge is 2.35. The molecule has 1 N–H and O–H groups in total. The normalized spacial score (nSPS) is 18.8. The Kier molecular flexibility index (Phi) is 5.02. The van der Waals surface area contributed by atoms with Crippen molar-refractivity contribution < 1.29 is 13.9 Å². The van der Waals surface area contributed by atoms with Crippen molar-refractivity contribution in [3.8, 4) is 5.88 Å². The van der Waals surface area contributed by atoms with Gasteiger partial charge in [-0.2, -0.15) is 0 Å². The topological polar surface area (TPSA) is 51.2 Å². The van der Waals surface area contributed by atoms with E-state index in [1.54, 1.807) is 24.3 Å². The molecule has 1 amide bonds. The maximum Gasteiger partial charge on any atom is 0.253 e. The van der Waals surface area contributed by atoms with E-state index < -0.39 is 0 Å². The largest absolute Gasteiger partial charge is 0.473 e. The Morgan fingerprint density at radius 2 is 2.20 bits per heavy atom. The summed E-state index contributed by atoms with van der Waals surface area (Å²) in [7, 11) is 0. The number of aromatic nitrogens is 1. The van der Waals surface area contributed by atoms with Gasteiger partial charge in [-0.15, -0.1) is 0 Å². The van der Waals surface area contributed by atoms with Gasteiger partial charge in [0.2, 0.25) is 5.88 Å². The fraction of sp³-hybridized carbons (Fsp3) is 0.400. The SMILES string of the molecule is CC1(C)CCC[C@@H]1NC(=O)c1ccc(OCc2cccc(F)c2)nc1. The fourth-order valence-corrected chi connectivity index (χ4v) is 3.22. The molecule has 0 saturated heterocycles. The number of hydrogen-bond donors (Lipinski definition) is 1. The number of halogens is 1. The second-order valence-corrected chi connectivity index (χ2v) is 7.21. The number of ether oxygens (including phenoxy) is 1. The van der Waals surface area contributed by atoms with E-state index in [0.717, 1.165) is 24.8 Å². The molecule has 0 aliphatic heterocycles. The number of rotatable bonds is 5. The molecular formula is C20H23FN2O2. The van der Waals surface area contributed by atoms with Gasteiger partial charge in [-0.25, -0.2) is 9.37 Å². The Morgan fingerprint density at radius 3 is 2.84 bits per heavy atom. The van der Waals surface area contributed by atoms with Crippen LogP contribution in [0.4, 0.5) is 4.39 Å². The summed E-state index contributed by atoms with van der Waals surface area (Å²) in [6.45, 7) is 4.60. The van der Waals surface area contributed by atoms with Crippen molar-refractivity contribution in [2.75, 3.05) is 0 Å². The van der Waals surface area contributed by atoms with Crippen LogP contribution in [0.1, 0.15) is 49.0 Å². The Labute approximate surface area is 147 Å². The predicted octanol–water partition coefficient (Wildman–Crippen LogP) is 4.11. The molecule has 1 aliphatic carbocycles. The lowest BCUT2D eigenvalue weighted by molar-refractivity contribution is 0.0909. The second kappa shape index (κ2) is 7.21. The molecule has 1 fully saturated rings. The van der Waals surface area contributed by atoms with E-state index >= 15 is 0 Å². The van der Waals surface area contributed by atoms with Gasteiger partial charge in [-0.3, -0.25) is 4.79 Å². The molecule has 1 aromatic heterocycles. The molecule has 4 nitrogen and oxygen atoms in total. The van der Waals surface area contributed by atoms with Gasteiger partial charge in [0.25, 0.3) is 5.91 Å². The molecule has 3 rings (SSSR count). The van der Waals surface area contributed by atoms with Crippen molar-refractivity contribution in [3.05, 3.63) is 59.5 Å². The molecule has 0 unspecified atom stereocenters. The number of carbonyl (C=O) groups is 1. The zero-order valence-corrected chi connectivity index (χ0v) is 14.6. The predicted molar refractivity (Wildman–Crippen MR) is 93.9 cm³/mol. The minimum Gasteiger partial charge on any atom is -0.473 e. The number of pyridine rings is 1. The van der Waals surface area contributed by atoms with E-state index in [-0.39, 0.29) is 29.8 Å². The lowest BCUT2D eigenvalue weighted by atomic mass is 9.87. The van der Waals surface area contributed by atoms with Crippen LogP contribution in [0.5, 0.6) is 5.88 Å². The smallest absolute Gasteiger partial charge is 0.253 e. The molecular weight excluding hydrogens is 319 g/mol. The first-order chi connectivity index (χ1) is 11.9. The van der Waals surface area contributed by atoms with Crippen LogP contribution in [0.25, 0.3) is 0 Å². The zero-order chi connectivity index (χ0) is 17.9. The quantitative estimate of drug-likeness (QED) is 0.890. The summed E-state index contributed by atoms with van der Waals surface area (Å²) in [5.41, 5.74) is 1.38. The third kappa shape index (κ3) is 4.35. The van der Waals surface area contributed by atoms with Gasteiger partial charge < -0.3 is 10.1 Å². The summed E-state index contributed by atoms with van der Waals surface area (Å²) in [5, 5.41) is 3.11. The third-order valence-electron chi connectivity index (χ3n) is 4.84. The maximum absolute atomic E-state index is 13.1. The second-order valence-electron chi connectivity index (χ2n) is 7.21. The van der Waals surface area contributed by atoms with E-state index in [9.17, 15) is 9.18 Å². The summed E-state index contributed by atoms with van der Waals surface area (Å²) in [6, 6.07) is 9.79. The molecule has 2 aromatic rings. The first kappa shape index (κ1) is 17.4. The van der Waals surface area contributed by atoms with E-state index in [1.807, 2.05) is 0 Å². The molecule has 1 heterocycles. The number of benzene rings is 1. The first-order valence-electron chi connectivity index (χ1n) is 8.58. The molecule has 25 heavy (non-hydrogen) atoms. The minimum atomic E-state index is -0.295. The van der Waals surface area contributed by atoms with Crippen molar-refractivity contribution in [2.24, 2.45) is 5.41 Å². The van der Waals surface area contributed by atoms with Gasteiger partial charge in [0.05, 0.1) is 5.56 Å². The fourth-order valence-electron chi connectivity index (χ4n) is 3.22. The van der Waals surface area contributed by atoms with E-state index in [2.05, 4.69) is 24.1 Å². The van der Waals surface area contributed by atoms with Crippen molar-refractivity contribution in [1.82, 2.24) is 10.3 Å². The lowest BCUT2D eigenvalue weighted by Crippen LogP contribution is -2.41. The van der Waals surface area contributed by atoms with Crippen LogP contribution in [-0.2, 0) is 6.61 Å². The highest BCUT2D eigenvalue weighted by molar-refractivity contribution is 5.94. The van der Waals surface area contributed by atoms with Crippen LogP contribution < -0.4 is 10.1 Å². The monoisotopic (exact) mass is 342 g/mol. The Balaban J connectivity index is 1.57. The van der Waals surface area contributed by atoms with Crippen LogP contribution in [0, 0.1) is 11.2 Å². The van der Waals surface area contributed by atoms with Crippen LogP contribution in [0.15, 0.2) is 42.6 Å². The van der Waals surface area contributed by atoms with Crippen LogP contribution >= 0.6 is 0 Å². The summed E-state index contributed by atoms with van der Waals surface area (Å²) in [5.74, 6) is 0.00192. The van der Waals surface area contributed by atoms with Gasteiger partial charge in [0, 0.05) is 18.3 Å². The van der Waals surface area contributed by atoms with Crippen LogP contribution in [0.3, 0.4) is 0 Å². The number of hydrogen-bond acceptors (Lipinski definition) is 3. The molecule has 1 aromatic carbocycles. The highest BCUT2D eigenvalue weighted by atomic mass is 19.1. The van der Waals surface area contributed by atoms with Gasteiger partial charge in [0.15, 0.2) is 0 Å². The van der Waals surface area contributed by atoms with E-state index in [1.165, 1.54) is 18.3 Å². The average Bonchev–Trinajstić information content (AvgIpc) is 2.92. The van der Waals surface area contributed by atoms with Crippen molar-refractivity contribution in [1.29, 1.82) is 0 Å². The molecule has 5 heteroatoms. The number of nitrogens with zero attached hydrogens (tertiary/aromatic N) is 1. The van der Waals surface area contributed by atoms with Crippen LogP contribution in [-0.4, -0.2) is 16.9 Å². The number of carbonyl (C=O) groups excluding carboxylic acids is 1. The standard InChI is InChI=1S/C20H23FN2O2/c1-20(2)10-4-7-17(20)23-19(24)15-8-9-18(22-12-15)25-13-14-5-3-6-16(21)11-14/h3,5-6,8-9,11-12,17H,4,7,10,13H2,1-2H3,(H,23,24)/t17-/m0/s1. The van der Waals surface area contributed by atoms with Crippen molar-refractivity contribution in [2.45, 2.75) is 45.8 Å². The molecule has 0 spiro atoms. The molecule has 1 aliphatic rings. The molecule has 1 atom stereocenters. The first-order valence-corrected chi connectivity index (χ1v) is 8.58. The molecule has 1 saturated carbocycles. The van der Waals surface area contributed by atoms with Gasteiger partial charge in [0.1, 0.15) is 12.4 Å². The summed E-state index contributed by atoms with van der Waals surface area (Å²) in [6.07, 6.45) is 4.80. The Morgan fingerprint density at radius 1 is 1.36 bits per heavy atom. The van der Waals surface area contributed by atoms with Crippen LogP contribution in [0.2, 0.25) is 0 Å². The number of amides is 1. The lowest BCUT2D eigenvalue weighted by Gasteiger charge is -2.27. The molecule has 0 radical (unpaired) electrons. The Hall–Kier alpha value is -2.43. The summed E-state index contributed by atoms with van der Waals surface area (Å²) >= 11 is 0. The third-order valence-corrected chi connectivity index (χ3v) is 4.84.